The molecule has 0 amide bonds. The zero-order valence-electron chi connectivity index (χ0n) is 10.1. The third kappa shape index (κ3) is 2.77. The number of thiazole rings is 1. The molecule has 2 N–H and O–H groups in total. The van der Waals surface area contributed by atoms with Gasteiger partial charge in [-0.3, -0.25) is 0 Å². The van der Waals surface area contributed by atoms with Gasteiger partial charge in [0.1, 0.15) is 22.1 Å². The Kier molecular flexibility index (Phi) is 3.78. The van der Waals surface area contributed by atoms with Crippen molar-refractivity contribution in [1.82, 2.24) is 10.3 Å². The third-order valence-electron chi connectivity index (χ3n) is 2.60. The van der Waals surface area contributed by atoms with Crippen LogP contribution in [0.25, 0.3) is 0 Å². The maximum Gasteiger partial charge on any atom is 0.339 e. The van der Waals surface area contributed by atoms with Crippen LogP contribution in [0.2, 0.25) is 0 Å². The molecule has 6 heteroatoms. The van der Waals surface area contributed by atoms with E-state index in [2.05, 4.69) is 10.3 Å². The molecule has 0 aliphatic heterocycles. The molecule has 0 aromatic carbocycles. The number of aromatic carboxylic acids is 1. The van der Waals surface area contributed by atoms with E-state index < -0.39 is 5.97 Å². The van der Waals surface area contributed by atoms with Crippen LogP contribution in [0, 0.1) is 6.92 Å². The first-order chi connectivity index (χ1) is 8.58. The SMILES string of the molecule is Cc1oc(CNC(C)c2nccs2)cc1C(=O)O. The van der Waals surface area contributed by atoms with E-state index in [0.717, 1.165) is 5.01 Å². The van der Waals surface area contributed by atoms with Crippen molar-refractivity contribution < 1.29 is 14.3 Å². The zero-order chi connectivity index (χ0) is 13.1. The Morgan fingerprint density at radius 3 is 3.00 bits per heavy atom. The molecule has 2 heterocycles. The van der Waals surface area contributed by atoms with Crippen molar-refractivity contribution >= 4 is 17.3 Å². The molecule has 2 aromatic heterocycles. The van der Waals surface area contributed by atoms with Gasteiger partial charge in [-0.2, -0.15) is 0 Å². The van der Waals surface area contributed by atoms with E-state index >= 15 is 0 Å². The van der Waals surface area contributed by atoms with Crippen LogP contribution in [0.3, 0.4) is 0 Å². The Hall–Kier alpha value is -1.66. The molecule has 0 saturated carbocycles. The minimum Gasteiger partial charge on any atom is -0.478 e. The van der Waals surface area contributed by atoms with Gasteiger partial charge in [-0.25, -0.2) is 9.78 Å². The van der Waals surface area contributed by atoms with Crippen LogP contribution in [-0.4, -0.2) is 16.1 Å². The predicted molar refractivity (Wildman–Crippen MR) is 67.8 cm³/mol. The Balaban J connectivity index is 1.98. The Labute approximate surface area is 108 Å². The van der Waals surface area contributed by atoms with Gasteiger partial charge in [0.05, 0.1) is 12.6 Å². The minimum atomic E-state index is -0.963. The van der Waals surface area contributed by atoms with Crippen molar-refractivity contribution in [1.29, 1.82) is 0 Å². The normalized spacial score (nSPS) is 12.6. The molecule has 0 bridgehead atoms. The van der Waals surface area contributed by atoms with E-state index in [9.17, 15) is 4.79 Å². The molecular weight excluding hydrogens is 252 g/mol. The molecule has 0 saturated heterocycles. The number of rotatable bonds is 5. The summed E-state index contributed by atoms with van der Waals surface area (Å²) in [6.45, 7) is 4.14. The molecular formula is C12H14N2O3S. The Morgan fingerprint density at radius 1 is 1.67 bits per heavy atom. The number of nitrogens with zero attached hydrogens (tertiary/aromatic N) is 1. The van der Waals surface area contributed by atoms with Gasteiger partial charge in [0.25, 0.3) is 0 Å². The van der Waals surface area contributed by atoms with E-state index in [1.165, 1.54) is 0 Å². The van der Waals surface area contributed by atoms with E-state index in [4.69, 9.17) is 9.52 Å². The van der Waals surface area contributed by atoms with E-state index in [-0.39, 0.29) is 11.6 Å². The second-order valence-corrected chi connectivity index (χ2v) is 4.89. The molecule has 0 aliphatic rings. The summed E-state index contributed by atoms with van der Waals surface area (Å²) in [4.78, 5) is 15.1. The fraction of sp³-hybridized carbons (Fsp3) is 0.333. The lowest BCUT2D eigenvalue weighted by Gasteiger charge is -2.08. The summed E-state index contributed by atoms with van der Waals surface area (Å²) >= 11 is 1.58. The van der Waals surface area contributed by atoms with Crippen molar-refractivity contribution in [3.8, 4) is 0 Å². The summed E-state index contributed by atoms with van der Waals surface area (Å²) in [7, 11) is 0. The molecule has 0 spiro atoms. The Bertz CT molecular complexity index is 534. The molecule has 0 radical (unpaired) electrons. The van der Waals surface area contributed by atoms with Crippen molar-refractivity contribution in [2.75, 3.05) is 0 Å². The van der Waals surface area contributed by atoms with Crippen LogP contribution in [0.4, 0.5) is 0 Å². The first kappa shape index (κ1) is 12.8. The maximum absolute atomic E-state index is 10.9. The number of nitrogens with one attached hydrogen (secondary N) is 1. The lowest BCUT2D eigenvalue weighted by Crippen LogP contribution is -2.17. The molecule has 0 aliphatic carbocycles. The van der Waals surface area contributed by atoms with Crippen LogP contribution in [-0.2, 0) is 6.54 Å². The third-order valence-corrected chi connectivity index (χ3v) is 3.56. The zero-order valence-corrected chi connectivity index (χ0v) is 11.0. The molecule has 5 nitrogen and oxygen atoms in total. The number of carboxylic acid groups (broad SMARTS) is 1. The average molecular weight is 266 g/mol. The summed E-state index contributed by atoms with van der Waals surface area (Å²) < 4.78 is 5.38. The van der Waals surface area contributed by atoms with Crippen LogP contribution in [0.5, 0.6) is 0 Å². The van der Waals surface area contributed by atoms with E-state index in [1.807, 2.05) is 12.3 Å². The van der Waals surface area contributed by atoms with Gasteiger partial charge < -0.3 is 14.8 Å². The summed E-state index contributed by atoms with van der Waals surface area (Å²) in [5.74, 6) is 0.0879. The lowest BCUT2D eigenvalue weighted by atomic mass is 10.2. The first-order valence-electron chi connectivity index (χ1n) is 5.53. The lowest BCUT2D eigenvalue weighted by molar-refractivity contribution is 0.0695. The number of carbonyl (C=O) groups is 1. The number of carboxylic acids is 1. The van der Waals surface area contributed by atoms with Gasteiger partial charge in [-0.1, -0.05) is 0 Å². The monoisotopic (exact) mass is 266 g/mol. The van der Waals surface area contributed by atoms with E-state index in [0.29, 0.717) is 18.1 Å². The predicted octanol–water partition coefficient (Wildman–Crippen LogP) is 2.59. The molecule has 1 atom stereocenters. The molecule has 2 rings (SSSR count). The highest BCUT2D eigenvalue weighted by Gasteiger charge is 2.14. The largest absolute Gasteiger partial charge is 0.478 e. The quantitative estimate of drug-likeness (QED) is 0.870. The maximum atomic E-state index is 10.9. The average Bonchev–Trinajstić information content (AvgIpc) is 2.94. The Morgan fingerprint density at radius 2 is 2.44 bits per heavy atom. The van der Waals surface area contributed by atoms with Gasteiger partial charge in [0.15, 0.2) is 0 Å². The summed E-state index contributed by atoms with van der Waals surface area (Å²) in [5.41, 5.74) is 0.216. The van der Waals surface area contributed by atoms with Crippen molar-refractivity contribution in [2.24, 2.45) is 0 Å². The number of hydrogen-bond donors (Lipinski definition) is 2. The first-order valence-corrected chi connectivity index (χ1v) is 6.41. The molecule has 2 aromatic rings. The fourth-order valence-corrected chi connectivity index (χ4v) is 2.30. The second-order valence-electron chi connectivity index (χ2n) is 3.96. The van der Waals surface area contributed by atoms with Gasteiger partial charge in [-0.15, -0.1) is 11.3 Å². The standard InChI is InChI=1S/C12H14N2O3S/c1-7(11-13-3-4-18-11)14-6-9-5-10(12(15)16)8(2)17-9/h3-5,7,14H,6H2,1-2H3,(H,15,16). The molecule has 96 valence electrons. The van der Waals surface area contributed by atoms with Gasteiger partial charge in [0.2, 0.25) is 0 Å². The van der Waals surface area contributed by atoms with Crippen molar-refractivity contribution in [3.63, 3.8) is 0 Å². The van der Waals surface area contributed by atoms with Crippen molar-refractivity contribution in [2.45, 2.75) is 26.4 Å². The summed E-state index contributed by atoms with van der Waals surface area (Å²) in [6, 6.07) is 1.67. The summed E-state index contributed by atoms with van der Waals surface area (Å²) in [6.07, 6.45) is 1.76. The topological polar surface area (TPSA) is 75.4 Å². The molecule has 18 heavy (non-hydrogen) atoms. The fourth-order valence-electron chi connectivity index (χ4n) is 1.63. The second kappa shape index (κ2) is 5.32. The number of furan rings is 1. The van der Waals surface area contributed by atoms with Gasteiger partial charge in [0, 0.05) is 11.6 Å². The van der Waals surface area contributed by atoms with Crippen molar-refractivity contribution in [3.05, 3.63) is 39.7 Å². The molecule has 1 unspecified atom stereocenters. The van der Waals surface area contributed by atoms with Crippen LogP contribution >= 0.6 is 11.3 Å². The minimum absolute atomic E-state index is 0.115. The molecule has 0 fully saturated rings. The highest BCUT2D eigenvalue weighted by molar-refractivity contribution is 7.09. The highest BCUT2D eigenvalue weighted by atomic mass is 32.1. The smallest absolute Gasteiger partial charge is 0.339 e. The number of aromatic nitrogens is 1. The summed E-state index contributed by atoms with van der Waals surface area (Å²) in [5, 5.41) is 15.1. The van der Waals surface area contributed by atoms with Crippen LogP contribution in [0.15, 0.2) is 22.1 Å². The van der Waals surface area contributed by atoms with Crippen LogP contribution < -0.4 is 5.32 Å². The van der Waals surface area contributed by atoms with E-state index in [1.54, 1.807) is 30.5 Å². The van der Waals surface area contributed by atoms with Gasteiger partial charge in [-0.05, 0) is 19.9 Å². The van der Waals surface area contributed by atoms with Gasteiger partial charge >= 0.3 is 5.97 Å². The highest BCUT2D eigenvalue weighted by Crippen LogP contribution is 2.18. The number of hydrogen-bond acceptors (Lipinski definition) is 5. The van der Waals surface area contributed by atoms with Crippen LogP contribution in [0.1, 0.15) is 39.9 Å². The number of aryl methyl sites for hydroxylation is 1.